The Bertz CT molecular complexity index is 693. The summed E-state index contributed by atoms with van der Waals surface area (Å²) in [7, 11) is 0. The van der Waals surface area contributed by atoms with Crippen LogP contribution in [-0.2, 0) is 16.1 Å². The fourth-order valence-corrected chi connectivity index (χ4v) is 3.63. The van der Waals surface area contributed by atoms with Crippen LogP contribution in [0.2, 0.25) is 0 Å². The van der Waals surface area contributed by atoms with Gasteiger partial charge in [-0.25, -0.2) is 4.79 Å². The first-order valence-electron chi connectivity index (χ1n) is 12.8. The second kappa shape index (κ2) is 19.7. The van der Waals surface area contributed by atoms with Crippen LogP contribution in [0.1, 0.15) is 89.5 Å². The first kappa shape index (κ1) is 29.3. The summed E-state index contributed by atoms with van der Waals surface area (Å²) in [6.45, 7) is 3.38. The number of nitrogens with two attached hydrogens (primary N) is 2. The van der Waals surface area contributed by atoms with Crippen molar-refractivity contribution in [2.45, 2.75) is 96.6 Å². The predicted octanol–water partition coefficient (Wildman–Crippen LogP) is 4.37. The summed E-state index contributed by atoms with van der Waals surface area (Å²) < 4.78 is 5.27. The van der Waals surface area contributed by atoms with Gasteiger partial charge in [-0.3, -0.25) is 9.79 Å². The molecule has 6 N–H and O–H groups in total. The van der Waals surface area contributed by atoms with E-state index >= 15 is 0 Å². The van der Waals surface area contributed by atoms with Crippen molar-refractivity contribution in [1.82, 2.24) is 10.6 Å². The van der Waals surface area contributed by atoms with E-state index in [4.69, 9.17) is 16.2 Å². The molecule has 1 aromatic rings. The minimum absolute atomic E-state index is 0.0113. The smallest absolute Gasteiger partial charge is 0.408 e. The lowest BCUT2D eigenvalue weighted by molar-refractivity contribution is -0.123. The quantitative estimate of drug-likeness (QED) is 0.134. The van der Waals surface area contributed by atoms with Gasteiger partial charge in [-0.1, -0.05) is 95.0 Å². The summed E-state index contributed by atoms with van der Waals surface area (Å²) >= 11 is 0. The predicted molar refractivity (Wildman–Crippen MR) is 138 cm³/mol. The van der Waals surface area contributed by atoms with Gasteiger partial charge in [0.1, 0.15) is 12.6 Å². The van der Waals surface area contributed by atoms with Crippen LogP contribution in [0.25, 0.3) is 0 Å². The standard InChI is InChI=1S/C26H45N5O3/c1-2-3-4-5-6-7-8-9-10-14-19-29-24(32)23(18-15-20-30-25(27)28)31-26(33)34-21-22-16-12-11-13-17-22/h11-13,16-17,23H,2-10,14-15,18-21H2,1H3,(H,29,32)(H,31,33)(H4,27,28,30)/t23-/m0/s1. The Balaban J connectivity index is 2.31. The molecule has 1 aromatic carbocycles. The van der Waals surface area contributed by atoms with Gasteiger partial charge in [0.05, 0.1) is 0 Å². The van der Waals surface area contributed by atoms with Crippen LogP contribution < -0.4 is 22.1 Å². The summed E-state index contributed by atoms with van der Waals surface area (Å²) in [6, 6.07) is 8.71. The van der Waals surface area contributed by atoms with Crippen LogP contribution in [0.5, 0.6) is 0 Å². The second-order valence-electron chi connectivity index (χ2n) is 8.68. The zero-order valence-corrected chi connectivity index (χ0v) is 20.9. The Hall–Kier alpha value is -2.77. The number of aliphatic imine (C=N–C) groups is 1. The molecule has 0 saturated carbocycles. The minimum Gasteiger partial charge on any atom is -0.445 e. The number of nitrogens with one attached hydrogen (secondary N) is 2. The van der Waals surface area contributed by atoms with Gasteiger partial charge in [-0.2, -0.15) is 0 Å². The molecule has 34 heavy (non-hydrogen) atoms. The van der Waals surface area contributed by atoms with E-state index in [1.54, 1.807) is 0 Å². The molecule has 0 aliphatic carbocycles. The maximum Gasteiger partial charge on any atom is 0.408 e. The van der Waals surface area contributed by atoms with Crippen molar-refractivity contribution in [1.29, 1.82) is 0 Å². The van der Waals surface area contributed by atoms with Crippen molar-refractivity contribution in [3.63, 3.8) is 0 Å². The fraction of sp³-hybridized carbons (Fsp3) is 0.654. The average Bonchev–Trinajstić information content (AvgIpc) is 2.83. The topological polar surface area (TPSA) is 132 Å². The molecule has 8 nitrogen and oxygen atoms in total. The molecule has 0 radical (unpaired) electrons. The van der Waals surface area contributed by atoms with Crippen LogP contribution >= 0.6 is 0 Å². The third-order valence-electron chi connectivity index (χ3n) is 5.60. The minimum atomic E-state index is -0.694. The zero-order chi connectivity index (χ0) is 24.9. The van der Waals surface area contributed by atoms with Crippen LogP contribution in [0.3, 0.4) is 0 Å². The maximum absolute atomic E-state index is 12.7. The molecule has 1 rings (SSSR count). The number of amides is 2. The van der Waals surface area contributed by atoms with E-state index in [2.05, 4.69) is 22.5 Å². The van der Waals surface area contributed by atoms with Crippen molar-refractivity contribution >= 4 is 18.0 Å². The van der Waals surface area contributed by atoms with Crippen LogP contribution in [0.4, 0.5) is 4.79 Å². The molecule has 192 valence electrons. The number of hydrogen-bond acceptors (Lipinski definition) is 4. The fourth-order valence-electron chi connectivity index (χ4n) is 3.63. The second-order valence-corrected chi connectivity index (χ2v) is 8.68. The Morgan fingerprint density at radius 3 is 2.15 bits per heavy atom. The number of ether oxygens (including phenoxy) is 1. The largest absolute Gasteiger partial charge is 0.445 e. The lowest BCUT2D eigenvalue weighted by Crippen LogP contribution is -2.47. The van der Waals surface area contributed by atoms with Crippen molar-refractivity contribution in [2.75, 3.05) is 13.1 Å². The van der Waals surface area contributed by atoms with E-state index < -0.39 is 12.1 Å². The van der Waals surface area contributed by atoms with E-state index in [0.717, 1.165) is 18.4 Å². The SMILES string of the molecule is CCCCCCCCCCCCNC(=O)[C@H](CCCN=C(N)N)NC(=O)OCc1ccccc1. The van der Waals surface area contributed by atoms with E-state index in [1.807, 2.05) is 30.3 Å². The van der Waals surface area contributed by atoms with Gasteiger partial charge in [0.25, 0.3) is 0 Å². The van der Waals surface area contributed by atoms with Gasteiger partial charge in [0.2, 0.25) is 5.91 Å². The van der Waals surface area contributed by atoms with Crippen molar-refractivity contribution in [3.05, 3.63) is 35.9 Å². The molecule has 8 heteroatoms. The summed E-state index contributed by atoms with van der Waals surface area (Å²) in [5, 5.41) is 5.62. The monoisotopic (exact) mass is 475 g/mol. The Kier molecular flexibility index (Phi) is 16.9. The number of alkyl carbamates (subject to hydrolysis) is 1. The highest BCUT2D eigenvalue weighted by Gasteiger charge is 2.20. The third-order valence-corrected chi connectivity index (χ3v) is 5.60. The molecule has 0 saturated heterocycles. The highest BCUT2D eigenvalue weighted by Crippen LogP contribution is 2.10. The van der Waals surface area contributed by atoms with Crippen molar-refractivity contribution < 1.29 is 14.3 Å². The number of benzene rings is 1. The van der Waals surface area contributed by atoms with Crippen molar-refractivity contribution in [3.8, 4) is 0 Å². The van der Waals surface area contributed by atoms with Gasteiger partial charge < -0.3 is 26.8 Å². The number of guanidine groups is 1. The lowest BCUT2D eigenvalue weighted by atomic mass is 10.1. The van der Waals surface area contributed by atoms with E-state index in [0.29, 0.717) is 25.9 Å². The number of nitrogens with zero attached hydrogens (tertiary/aromatic N) is 1. The summed E-state index contributed by atoms with van der Waals surface area (Å²) in [5.41, 5.74) is 11.6. The Labute approximate surface area is 205 Å². The normalized spacial score (nSPS) is 11.4. The molecule has 2 amide bonds. The average molecular weight is 476 g/mol. The van der Waals surface area contributed by atoms with E-state index in [1.165, 1.54) is 51.4 Å². The molecular weight excluding hydrogens is 430 g/mol. The van der Waals surface area contributed by atoms with Gasteiger partial charge in [0, 0.05) is 13.1 Å². The maximum atomic E-state index is 12.7. The number of carbonyl (C=O) groups excluding carboxylic acids is 2. The molecule has 0 aliphatic rings. The first-order chi connectivity index (χ1) is 16.5. The molecule has 0 spiro atoms. The molecule has 0 aliphatic heterocycles. The summed E-state index contributed by atoms with van der Waals surface area (Å²) in [6.07, 6.45) is 12.8. The molecule has 0 unspecified atom stereocenters. The zero-order valence-electron chi connectivity index (χ0n) is 20.9. The molecule has 0 bridgehead atoms. The van der Waals surface area contributed by atoms with Gasteiger partial charge >= 0.3 is 6.09 Å². The number of carbonyl (C=O) groups is 2. The molecule has 0 heterocycles. The van der Waals surface area contributed by atoms with Crippen LogP contribution in [-0.4, -0.2) is 37.1 Å². The van der Waals surface area contributed by atoms with Crippen molar-refractivity contribution in [2.24, 2.45) is 16.5 Å². The molecule has 0 aromatic heterocycles. The third kappa shape index (κ3) is 15.9. The number of hydrogen-bond donors (Lipinski definition) is 4. The van der Waals surface area contributed by atoms with Crippen LogP contribution in [0.15, 0.2) is 35.3 Å². The first-order valence-corrected chi connectivity index (χ1v) is 12.8. The Morgan fingerprint density at radius 2 is 1.53 bits per heavy atom. The summed E-state index contributed by atoms with van der Waals surface area (Å²) in [4.78, 5) is 28.9. The van der Waals surface area contributed by atoms with Gasteiger partial charge in [-0.05, 0) is 24.8 Å². The molecule has 1 atom stereocenters. The van der Waals surface area contributed by atoms with Crippen LogP contribution in [0, 0.1) is 0 Å². The number of rotatable bonds is 19. The molecule has 0 fully saturated rings. The summed E-state index contributed by atoms with van der Waals surface area (Å²) in [5.74, 6) is -0.200. The van der Waals surface area contributed by atoms with E-state index in [9.17, 15) is 9.59 Å². The molecular formula is C26H45N5O3. The highest BCUT2D eigenvalue weighted by atomic mass is 16.5. The lowest BCUT2D eigenvalue weighted by Gasteiger charge is -2.18. The highest BCUT2D eigenvalue weighted by molar-refractivity contribution is 5.85. The number of unbranched alkanes of at least 4 members (excludes halogenated alkanes) is 9. The van der Waals surface area contributed by atoms with E-state index in [-0.39, 0.29) is 18.5 Å². The Morgan fingerprint density at radius 1 is 0.912 bits per heavy atom. The van der Waals surface area contributed by atoms with Gasteiger partial charge in [-0.15, -0.1) is 0 Å². The van der Waals surface area contributed by atoms with Gasteiger partial charge in [0.15, 0.2) is 5.96 Å².